The largest absolute Gasteiger partial charge is 0.490 e. The maximum atomic E-state index is 13.1. The Hall–Kier alpha value is -2.35. The van der Waals surface area contributed by atoms with Crippen molar-refractivity contribution in [3.63, 3.8) is 0 Å². The smallest absolute Gasteiger partial charge is 0.262 e. The maximum absolute atomic E-state index is 13.1. The van der Waals surface area contributed by atoms with Crippen LogP contribution in [0.3, 0.4) is 0 Å². The number of benzene rings is 1. The van der Waals surface area contributed by atoms with E-state index in [1.165, 1.54) is 17.4 Å². The molecule has 0 bridgehead atoms. The van der Waals surface area contributed by atoms with Crippen molar-refractivity contribution in [3.8, 4) is 11.5 Å². The number of likely N-dealkylation sites (tertiary alicyclic amines) is 1. The number of hydrogen-bond donors (Lipinski definition) is 1. The zero-order chi connectivity index (χ0) is 20.8. The minimum Gasteiger partial charge on any atom is -0.490 e. The zero-order valence-electron chi connectivity index (χ0n) is 17.2. The Balaban J connectivity index is 1.88. The van der Waals surface area contributed by atoms with Crippen LogP contribution >= 0.6 is 12.2 Å². The first kappa shape index (κ1) is 21.4. The van der Waals surface area contributed by atoms with Gasteiger partial charge in [-0.2, -0.15) is 0 Å². The lowest BCUT2D eigenvalue weighted by molar-refractivity contribution is -0.131. The van der Waals surface area contributed by atoms with E-state index in [4.69, 9.17) is 21.7 Å². The number of fused-ring (bicyclic) bond motifs is 1. The molecule has 0 unspecified atom stereocenters. The Morgan fingerprint density at radius 2 is 1.69 bits per heavy atom. The Morgan fingerprint density at radius 1 is 1.07 bits per heavy atom. The van der Waals surface area contributed by atoms with E-state index in [9.17, 15) is 9.59 Å². The standard InChI is InChI=1S/C21H29N3O4S/c1-3-27-17-13-15-16(14-18(17)28-4-2)22-21(29)24(20(15)26)12-9-19(25)23-10-7-5-6-8-11-23/h13-14H,3-12H2,1-2H3,(H,22,29). The van der Waals surface area contributed by atoms with Crippen LogP contribution < -0.4 is 15.0 Å². The minimum atomic E-state index is -0.226. The highest BCUT2D eigenvalue weighted by Gasteiger charge is 2.17. The van der Waals surface area contributed by atoms with E-state index >= 15 is 0 Å². The molecule has 1 aromatic carbocycles. The summed E-state index contributed by atoms with van der Waals surface area (Å²) < 4.78 is 13.0. The van der Waals surface area contributed by atoms with Crippen molar-refractivity contribution in [3.05, 3.63) is 27.3 Å². The fourth-order valence-electron chi connectivity index (χ4n) is 3.69. The van der Waals surface area contributed by atoms with E-state index in [1.807, 2.05) is 18.7 Å². The first-order valence-corrected chi connectivity index (χ1v) is 10.8. The van der Waals surface area contributed by atoms with E-state index in [-0.39, 0.29) is 24.4 Å². The Bertz CT molecular complexity index is 974. The fraction of sp³-hybridized carbons (Fsp3) is 0.571. The van der Waals surface area contributed by atoms with Crippen LogP contribution in [0.2, 0.25) is 0 Å². The lowest BCUT2D eigenvalue weighted by Crippen LogP contribution is -2.33. The predicted molar refractivity (Wildman–Crippen MR) is 115 cm³/mol. The van der Waals surface area contributed by atoms with Gasteiger partial charge in [0.05, 0.1) is 24.1 Å². The molecule has 1 fully saturated rings. The molecule has 0 spiro atoms. The maximum Gasteiger partial charge on any atom is 0.262 e. The number of amides is 1. The van der Waals surface area contributed by atoms with Gasteiger partial charge in [-0.05, 0) is 45.0 Å². The van der Waals surface area contributed by atoms with Crippen molar-refractivity contribution in [1.82, 2.24) is 14.5 Å². The highest BCUT2D eigenvalue weighted by molar-refractivity contribution is 7.71. The van der Waals surface area contributed by atoms with Crippen LogP contribution in [0.1, 0.15) is 46.0 Å². The van der Waals surface area contributed by atoms with Crippen LogP contribution in [0.25, 0.3) is 10.9 Å². The highest BCUT2D eigenvalue weighted by Crippen LogP contribution is 2.30. The quantitative estimate of drug-likeness (QED) is 0.693. The van der Waals surface area contributed by atoms with Crippen LogP contribution in [0.5, 0.6) is 11.5 Å². The van der Waals surface area contributed by atoms with Crippen LogP contribution in [0.15, 0.2) is 16.9 Å². The number of carbonyl (C=O) groups excluding carboxylic acids is 1. The van der Waals surface area contributed by atoms with E-state index in [2.05, 4.69) is 4.98 Å². The average molecular weight is 420 g/mol. The molecule has 2 aromatic rings. The summed E-state index contributed by atoms with van der Waals surface area (Å²) in [5, 5.41) is 0.465. The highest BCUT2D eigenvalue weighted by atomic mass is 32.1. The van der Waals surface area contributed by atoms with Crippen LogP contribution in [0, 0.1) is 4.77 Å². The van der Waals surface area contributed by atoms with Gasteiger partial charge in [-0.1, -0.05) is 12.8 Å². The van der Waals surface area contributed by atoms with Crippen molar-refractivity contribution >= 4 is 29.0 Å². The summed E-state index contributed by atoms with van der Waals surface area (Å²) in [4.78, 5) is 30.7. The third-order valence-electron chi connectivity index (χ3n) is 5.15. The second kappa shape index (κ2) is 9.91. The lowest BCUT2D eigenvalue weighted by Gasteiger charge is -2.20. The molecule has 1 saturated heterocycles. The van der Waals surface area contributed by atoms with Gasteiger partial charge >= 0.3 is 0 Å². The van der Waals surface area contributed by atoms with E-state index in [1.54, 1.807) is 12.1 Å². The van der Waals surface area contributed by atoms with Gasteiger partial charge in [0.25, 0.3) is 5.56 Å². The van der Waals surface area contributed by atoms with E-state index < -0.39 is 0 Å². The number of rotatable bonds is 7. The lowest BCUT2D eigenvalue weighted by atomic mass is 10.2. The number of ether oxygens (including phenoxy) is 2. The number of aromatic amines is 1. The Labute approximate surface area is 175 Å². The molecule has 0 radical (unpaired) electrons. The van der Waals surface area contributed by atoms with Crippen molar-refractivity contribution in [2.24, 2.45) is 0 Å². The number of carbonyl (C=O) groups is 1. The molecule has 2 heterocycles. The number of aromatic nitrogens is 2. The number of hydrogen-bond acceptors (Lipinski definition) is 5. The average Bonchev–Trinajstić information content (AvgIpc) is 2.99. The fourth-order valence-corrected chi connectivity index (χ4v) is 3.97. The number of nitrogens with one attached hydrogen (secondary N) is 1. The molecular weight excluding hydrogens is 390 g/mol. The molecule has 1 N–H and O–H groups in total. The topological polar surface area (TPSA) is 76.6 Å². The minimum absolute atomic E-state index is 0.0787. The molecule has 158 valence electrons. The van der Waals surface area contributed by atoms with Crippen molar-refractivity contribution in [1.29, 1.82) is 0 Å². The second-order valence-electron chi connectivity index (χ2n) is 7.14. The van der Waals surface area contributed by atoms with Crippen LogP contribution in [-0.4, -0.2) is 46.7 Å². The van der Waals surface area contributed by atoms with Gasteiger partial charge in [-0.3, -0.25) is 14.2 Å². The summed E-state index contributed by atoms with van der Waals surface area (Å²) in [7, 11) is 0. The molecule has 0 aliphatic carbocycles. The summed E-state index contributed by atoms with van der Waals surface area (Å²) in [5.74, 6) is 1.17. The monoisotopic (exact) mass is 419 g/mol. The summed E-state index contributed by atoms with van der Waals surface area (Å²) in [6.07, 6.45) is 4.70. The zero-order valence-corrected chi connectivity index (χ0v) is 18.0. The molecular formula is C21H29N3O4S. The van der Waals surface area contributed by atoms with Gasteiger partial charge in [0.1, 0.15) is 0 Å². The molecule has 8 heteroatoms. The number of H-pyrrole nitrogens is 1. The molecule has 3 rings (SSSR count). The van der Waals surface area contributed by atoms with Crippen molar-refractivity contribution in [2.75, 3.05) is 26.3 Å². The Kier molecular flexibility index (Phi) is 7.30. The first-order valence-electron chi connectivity index (χ1n) is 10.4. The summed E-state index contributed by atoms with van der Waals surface area (Å²) >= 11 is 5.40. The molecule has 0 atom stereocenters. The Morgan fingerprint density at radius 3 is 2.31 bits per heavy atom. The molecule has 1 aliphatic rings. The van der Waals surface area contributed by atoms with Gasteiger partial charge in [0.15, 0.2) is 16.3 Å². The van der Waals surface area contributed by atoms with Gasteiger partial charge in [0, 0.05) is 32.1 Å². The van der Waals surface area contributed by atoms with E-state index in [0.29, 0.717) is 40.4 Å². The molecule has 1 aliphatic heterocycles. The predicted octanol–water partition coefficient (Wildman–Crippen LogP) is 3.65. The third-order valence-corrected chi connectivity index (χ3v) is 5.48. The van der Waals surface area contributed by atoms with Gasteiger partial charge in [-0.15, -0.1) is 0 Å². The van der Waals surface area contributed by atoms with Crippen LogP contribution in [-0.2, 0) is 11.3 Å². The van der Waals surface area contributed by atoms with E-state index in [0.717, 1.165) is 25.9 Å². The molecule has 1 aromatic heterocycles. The van der Waals surface area contributed by atoms with Gasteiger partial charge in [-0.25, -0.2) is 0 Å². The summed E-state index contributed by atoms with van der Waals surface area (Å²) in [6, 6.07) is 3.43. The second-order valence-corrected chi connectivity index (χ2v) is 7.53. The number of nitrogens with zero attached hydrogens (tertiary/aromatic N) is 2. The first-order chi connectivity index (χ1) is 14.0. The molecule has 7 nitrogen and oxygen atoms in total. The summed E-state index contributed by atoms with van der Waals surface area (Å²) in [5.41, 5.74) is 0.374. The summed E-state index contributed by atoms with van der Waals surface area (Å²) in [6.45, 7) is 6.59. The van der Waals surface area contributed by atoms with Crippen LogP contribution in [0.4, 0.5) is 0 Å². The van der Waals surface area contributed by atoms with Gasteiger partial charge < -0.3 is 19.4 Å². The molecule has 0 saturated carbocycles. The SMILES string of the molecule is CCOc1cc2[nH]c(=S)n(CCC(=O)N3CCCCCC3)c(=O)c2cc1OCC. The normalized spacial score (nSPS) is 14.6. The molecule has 1 amide bonds. The third kappa shape index (κ3) is 4.98. The van der Waals surface area contributed by atoms with Crippen molar-refractivity contribution in [2.45, 2.75) is 52.5 Å². The molecule has 29 heavy (non-hydrogen) atoms. The van der Waals surface area contributed by atoms with Crippen molar-refractivity contribution < 1.29 is 14.3 Å². The van der Waals surface area contributed by atoms with Gasteiger partial charge in [0.2, 0.25) is 5.91 Å².